The molecule has 0 bridgehead atoms. The molecular formula is C14H18FNO. The molecule has 2 nitrogen and oxygen atoms in total. The van der Waals surface area contributed by atoms with Gasteiger partial charge in [0, 0.05) is 7.05 Å². The first-order chi connectivity index (χ1) is 7.76. The Labute approximate surface area is 101 Å². The van der Waals surface area contributed by atoms with Crippen molar-refractivity contribution in [3.05, 3.63) is 34.6 Å². The summed E-state index contributed by atoms with van der Waals surface area (Å²) >= 11 is 0. The van der Waals surface area contributed by atoms with Crippen LogP contribution in [0, 0.1) is 5.82 Å². The van der Waals surface area contributed by atoms with Crippen molar-refractivity contribution < 1.29 is 9.18 Å². The minimum absolute atomic E-state index is 0.224. The summed E-state index contributed by atoms with van der Waals surface area (Å²) < 4.78 is 14.0. The summed E-state index contributed by atoms with van der Waals surface area (Å²) in [5, 5.41) is 0. The molecule has 0 saturated carbocycles. The van der Waals surface area contributed by atoms with Gasteiger partial charge in [-0.1, -0.05) is 19.9 Å². The molecular weight excluding hydrogens is 217 g/mol. The van der Waals surface area contributed by atoms with Crippen molar-refractivity contribution in [2.75, 3.05) is 7.05 Å². The molecule has 0 aromatic heterocycles. The van der Waals surface area contributed by atoms with E-state index in [0.717, 1.165) is 11.1 Å². The zero-order valence-corrected chi connectivity index (χ0v) is 11.0. The standard InChI is InChI=1S/C14H18FNO/c1-8(2)9-6-10-12(11(15)7-9)13(17)16(5)14(10,3)4/h6-8H,1-5H3. The van der Waals surface area contributed by atoms with E-state index in [1.165, 1.54) is 6.07 Å². The Hall–Kier alpha value is -1.38. The number of benzene rings is 1. The first-order valence-electron chi connectivity index (χ1n) is 5.89. The fourth-order valence-electron chi connectivity index (χ4n) is 2.26. The minimum atomic E-state index is -0.432. The van der Waals surface area contributed by atoms with Gasteiger partial charge in [-0.15, -0.1) is 0 Å². The van der Waals surface area contributed by atoms with E-state index in [2.05, 4.69) is 0 Å². The largest absolute Gasteiger partial charge is 0.332 e. The summed E-state index contributed by atoms with van der Waals surface area (Å²) in [4.78, 5) is 13.6. The van der Waals surface area contributed by atoms with Crippen LogP contribution >= 0.6 is 0 Å². The van der Waals surface area contributed by atoms with Crippen LogP contribution in [-0.2, 0) is 5.54 Å². The number of hydrogen-bond donors (Lipinski definition) is 0. The fourth-order valence-corrected chi connectivity index (χ4v) is 2.26. The number of amides is 1. The van der Waals surface area contributed by atoms with Crippen molar-refractivity contribution in [1.29, 1.82) is 0 Å². The van der Waals surface area contributed by atoms with Gasteiger partial charge in [-0.05, 0) is 37.0 Å². The van der Waals surface area contributed by atoms with Crippen LogP contribution in [-0.4, -0.2) is 17.9 Å². The smallest absolute Gasteiger partial charge is 0.257 e. The topological polar surface area (TPSA) is 20.3 Å². The lowest BCUT2D eigenvalue weighted by atomic mass is 9.89. The summed E-state index contributed by atoms with van der Waals surface area (Å²) in [5.41, 5.74) is 1.55. The maximum atomic E-state index is 14.0. The monoisotopic (exact) mass is 235 g/mol. The van der Waals surface area contributed by atoms with Crippen LogP contribution in [0.2, 0.25) is 0 Å². The van der Waals surface area contributed by atoms with E-state index in [-0.39, 0.29) is 17.4 Å². The van der Waals surface area contributed by atoms with Gasteiger partial charge in [0.25, 0.3) is 5.91 Å². The Kier molecular flexibility index (Phi) is 2.53. The maximum absolute atomic E-state index is 14.0. The van der Waals surface area contributed by atoms with E-state index in [1.807, 2.05) is 33.8 Å². The molecule has 0 saturated heterocycles. The average Bonchev–Trinajstić information content (AvgIpc) is 2.41. The average molecular weight is 235 g/mol. The highest BCUT2D eigenvalue weighted by Gasteiger charge is 2.42. The third-order valence-electron chi connectivity index (χ3n) is 3.80. The maximum Gasteiger partial charge on any atom is 0.257 e. The van der Waals surface area contributed by atoms with Gasteiger partial charge in [-0.25, -0.2) is 4.39 Å². The molecule has 2 rings (SSSR count). The van der Waals surface area contributed by atoms with Gasteiger partial charge >= 0.3 is 0 Å². The summed E-state index contributed by atoms with van der Waals surface area (Å²) in [6.07, 6.45) is 0. The predicted octanol–water partition coefficient (Wildman–Crippen LogP) is 3.27. The first kappa shape index (κ1) is 12.1. The van der Waals surface area contributed by atoms with Gasteiger partial charge < -0.3 is 4.90 Å². The lowest BCUT2D eigenvalue weighted by Gasteiger charge is -2.28. The molecule has 1 heterocycles. The molecule has 1 aromatic carbocycles. The van der Waals surface area contributed by atoms with Crippen molar-refractivity contribution in [1.82, 2.24) is 4.90 Å². The number of halogens is 1. The van der Waals surface area contributed by atoms with E-state index >= 15 is 0 Å². The SMILES string of the molecule is CC(C)c1cc(F)c2c(c1)C(C)(C)N(C)C2=O. The lowest BCUT2D eigenvalue weighted by molar-refractivity contribution is 0.0688. The zero-order chi connectivity index (χ0) is 13.0. The summed E-state index contributed by atoms with van der Waals surface area (Å²) in [5.74, 6) is -0.363. The Morgan fingerprint density at radius 3 is 2.41 bits per heavy atom. The van der Waals surface area contributed by atoms with Gasteiger partial charge in [0.2, 0.25) is 0 Å². The quantitative estimate of drug-likeness (QED) is 0.731. The molecule has 1 aromatic rings. The molecule has 0 spiro atoms. The van der Waals surface area contributed by atoms with Crippen LogP contribution in [0.4, 0.5) is 4.39 Å². The summed E-state index contributed by atoms with van der Waals surface area (Å²) in [6, 6.07) is 3.45. The number of nitrogens with zero attached hydrogens (tertiary/aromatic N) is 1. The number of fused-ring (bicyclic) bond motifs is 1. The highest BCUT2D eigenvalue weighted by atomic mass is 19.1. The Morgan fingerprint density at radius 2 is 1.88 bits per heavy atom. The number of carbonyl (C=O) groups excluding carboxylic acids is 1. The summed E-state index contributed by atoms with van der Waals surface area (Å²) in [7, 11) is 1.72. The molecule has 1 aliphatic heterocycles. The van der Waals surface area contributed by atoms with Gasteiger partial charge in [0.05, 0.1) is 11.1 Å². The van der Waals surface area contributed by atoms with Crippen LogP contribution in [0.5, 0.6) is 0 Å². The predicted molar refractivity (Wildman–Crippen MR) is 65.6 cm³/mol. The molecule has 3 heteroatoms. The van der Waals surface area contributed by atoms with Crippen molar-refractivity contribution in [3.8, 4) is 0 Å². The molecule has 0 aliphatic carbocycles. The molecule has 0 radical (unpaired) electrons. The number of carbonyl (C=O) groups is 1. The van der Waals surface area contributed by atoms with Gasteiger partial charge in [-0.3, -0.25) is 4.79 Å². The number of rotatable bonds is 1. The molecule has 1 amide bonds. The second-order valence-corrected chi connectivity index (χ2v) is 5.50. The van der Waals surface area contributed by atoms with Crippen molar-refractivity contribution in [2.45, 2.75) is 39.2 Å². The highest BCUT2D eigenvalue weighted by molar-refractivity contribution is 6.00. The Balaban J connectivity index is 2.71. The van der Waals surface area contributed by atoms with Crippen LogP contribution in [0.15, 0.2) is 12.1 Å². The van der Waals surface area contributed by atoms with E-state index in [1.54, 1.807) is 11.9 Å². The molecule has 17 heavy (non-hydrogen) atoms. The zero-order valence-electron chi connectivity index (χ0n) is 11.0. The molecule has 92 valence electrons. The van der Waals surface area contributed by atoms with Crippen molar-refractivity contribution in [2.24, 2.45) is 0 Å². The van der Waals surface area contributed by atoms with Crippen LogP contribution < -0.4 is 0 Å². The summed E-state index contributed by atoms with van der Waals surface area (Å²) in [6.45, 7) is 7.93. The van der Waals surface area contributed by atoms with E-state index in [4.69, 9.17) is 0 Å². The Morgan fingerprint density at radius 1 is 1.29 bits per heavy atom. The third kappa shape index (κ3) is 1.56. The van der Waals surface area contributed by atoms with Crippen LogP contribution in [0.1, 0.15) is 55.1 Å². The first-order valence-corrected chi connectivity index (χ1v) is 5.89. The van der Waals surface area contributed by atoms with Crippen molar-refractivity contribution in [3.63, 3.8) is 0 Å². The molecule has 1 aliphatic rings. The highest BCUT2D eigenvalue weighted by Crippen LogP contribution is 2.40. The van der Waals surface area contributed by atoms with Crippen LogP contribution in [0.3, 0.4) is 0 Å². The Bertz CT molecular complexity index is 491. The van der Waals surface area contributed by atoms with Gasteiger partial charge in [0.1, 0.15) is 5.82 Å². The number of hydrogen-bond acceptors (Lipinski definition) is 1. The normalized spacial score (nSPS) is 17.8. The lowest BCUT2D eigenvalue weighted by Crippen LogP contribution is -2.35. The van der Waals surface area contributed by atoms with Gasteiger partial charge in [-0.2, -0.15) is 0 Å². The van der Waals surface area contributed by atoms with Crippen molar-refractivity contribution >= 4 is 5.91 Å². The van der Waals surface area contributed by atoms with E-state index in [9.17, 15) is 9.18 Å². The molecule has 0 unspecified atom stereocenters. The molecule has 0 N–H and O–H groups in total. The van der Waals surface area contributed by atoms with Crippen LogP contribution in [0.25, 0.3) is 0 Å². The molecule has 0 fully saturated rings. The second kappa shape index (κ2) is 3.56. The fraction of sp³-hybridized carbons (Fsp3) is 0.500. The minimum Gasteiger partial charge on any atom is -0.332 e. The molecule has 0 atom stereocenters. The van der Waals surface area contributed by atoms with Gasteiger partial charge in [0.15, 0.2) is 0 Å². The third-order valence-corrected chi connectivity index (χ3v) is 3.80. The van der Waals surface area contributed by atoms with E-state index < -0.39 is 11.4 Å². The second-order valence-electron chi connectivity index (χ2n) is 5.50. The van der Waals surface area contributed by atoms with E-state index in [0.29, 0.717) is 0 Å².